The third kappa shape index (κ3) is 2.14. The van der Waals surface area contributed by atoms with Crippen LogP contribution in [-0.2, 0) is 7.05 Å². The fourth-order valence-electron chi connectivity index (χ4n) is 3.31. The molecule has 1 unspecified atom stereocenters. The van der Waals surface area contributed by atoms with Gasteiger partial charge in [0, 0.05) is 30.9 Å². The summed E-state index contributed by atoms with van der Waals surface area (Å²) < 4.78 is 2.07. The Morgan fingerprint density at radius 3 is 3.05 bits per heavy atom. The summed E-state index contributed by atoms with van der Waals surface area (Å²) in [5, 5.41) is 4.80. The van der Waals surface area contributed by atoms with Crippen molar-refractivity contribution in [3.63, 3.8) is 0 Å². The van der Waals surface area contributed by atoms with E-state index in [1.165, 1.54) is 34.9 Å². The summed E-state index contributed by atoms with van der Waals surface area (Å²) in [6, 6.07) is 13.7. The molecule has 4 rings (SSSR count). The highest BCUT2D eigenvalue weighted by Crippen LogP contribution is 2.31. The molecule has 1 fully saturated rings. The smallest absolute Gasteiger partial charge is 0.140 e. The highest BCUT2D eigenvalue weighted by atomic mass is 15.0. The molecule has 3 aromatic rings. The molecule has 3 nitrogen and oxygen atoms in total. The van der Waals surface area contributed by atoms with Crippen molar-refractivity contribution >= 4 is 11.0 Å². The fourth-order valence-corrected chi connectivity index (χ4v) is 3.31. The first-order valence-electron chi connectivity index (χ1n) is 7.57. The molecule has 2 aromatic heterocycles. The van der Waals surface area contributed by atoms with Crippen LogP contribution in [0.15, 0.2) is 48.8 Å². The van der Waals surface area contributed by atoms with E-state index < -0.39 is 0 Å². The second kappa shape index (κ2) is 5.01. The first-order chi connectivity index (χ1) is 10.3. The quantitative estimate of drug-likeness (QED) is 0.774. The maximum atomic E-state index is 4.48. The van der Waals surface area contributed by atoms with Crippen LogP contribution in [0.2, 0.25) is 0 Å². The van der Waals surface area contributed by atoms with Crippen LogP contribution in [0.3, 0.4) is 0 Å². The summed E-state index contributed by atoms with van der Waals surface area (Å²) in [5.74, 6) is 0. The van der Waals surface area contributed by atoms with Crippen LogP contribution < -0.4 is 5.32 Å². The van der Waals surface area contributed by atoms with E-state index in [0.29, 0.717) is 6.04 Å². The zero-order chi connectivity index (χ0) is 14.2. The van der Waals surface area contributed by atoms with Crippen molar-refractivity contribution in [3.8, 4) is 11.1 Å². The molecular formula is C18H19N3. The van der Waals surface area contributed by atoms with Gasteiger partial charge in [-0.15, -0.1) is 0 Å². The first-order valence-corrected chi connectivity index (χ1v) is 7.57. The van der Waals surface area contributed by atoms with E-state index in [-0.39, 0.29) is 0 Å². The molecule has 0 aliphatic carbocycles. The molecule has 21 heavy (non-hydrogen) atoms. The van der Waals surface area contributed by atoms with Gasteiger partial charge in [-0.3, -0.25) is 0 Å². The van der Waals surface area contributed by atoms with Crippen LogP contribution >= 0.6 is 0 Å². The maximum Gasteiger partial charge on any atom is 0.140 e. The Morgan fingerprint density at radius 1 is 1.24 bits per heavy atom. The van der Waals surface area contributed by atoms with Crippen molar-refractivity contribution in [2.45, 2.75) is 18.9 Å². The van der Waals surface area contributed by atoms with E-state index in [1.807, 2.05) is 13.2 Å². The monoisotopic (exact) mass is 277 g/mol. The minimum Gasteiger partial charge on any atom is -0.336 e. The molecule has 1 aliphatic heterocycles. The average molecular weight is 277 g/mol. The number of hydrogen-bond acceptors (Lipinski definition) is 2. The second-order valence-electron chi connectivity index (χ2n) is 5.80. The highest BCUT2D eigenvalue weighted by Gasteiger charge is 2.16. The Kier molecular flexibility index (Phi) is 3.00. The predicted octanol–water partition coefficient (Wildman–Crippen LogP) is 3.66. The lowest BCUT2D eigenvalue weighted by molar-refractivity contribution is 0.648. The lowest BCUT2D eigenvalue weighted by Crippen LogP contribution is -2.12. The first kappa shape index (κ1) is 12.6. The molecule has 0 spiro atoms. The Labute approximate surface area is 124 Å². The molecule has 0 amide bonds. The van der Waals surface area contributed by atoms with Crippen LogP contribution in [0.25, 0.3) is 22.2 Å². The van der Waals surface area contributed by atoms with Gasteiger partial charge in [0.2, 0.25) is 0 Å². The van der Waals surface area contributed by atoms with Gasteiger partial charge < -0.3 is 9.88 Å². The standard InChI is InChI=1S/C18H19N3/c1-21-11-8-16-15(7-10-20-18(16)21)13-4-2-5-14(12-13)17-6-3-9-19-17/h2,4-5,7-8,10-12,17,19H,3,6,9H2,1H3. The van der Waals surface area contributed by atoms with E-state index in [0.717, 1.165) is 12.2 Å². The van der Waals surface area contributed by atoms with Crippen LogP contribution in [0, 0.1) is 0 Å². The normalized spacial score (nSPS) is 18.4. The largest absolute Gasteiger partial charge is 0.336 e. The molecule has 1 aromatic carbocycles. The van der Waals surface area contributed by atoms with E-state index in [4.69, 9.17) is 0 Å². The van der Waals surface area contributed by atoms with Gasteiger partial charge in [-0.05, 0) is 54.3 Å². The molecular weight excluding hydrogens is 258 g/mol. The van der Waals surface area contributed by atoms with Crippen LogP contribution in [0.1, 0.15) is 24.4 Å². The number of fused-ring (bicyclic) bond motifs is 1. The second-order valence-corrected chi connectivity index (χ2v) is 5.80. The minimum atomic E-state index is 0.512. The highest BCUT2D eigenvalue weighted by molar-refractivity contribution is 5.93. The van der Waals surface area contributed by atoms with Crippen LogP contribution in [0.5, 0.6) is 0 Å². The molecule has 1 N–H and O–H groups in total. The van der Waals surface area contributed by atoms with E-state index >= 15 is 0 Å². The Morgan fingerprint density at radius 2 is 2.19 bits per heavy atom. The number of hydrogen-bond donors (Lipinski definition) is 1. The molecule has 1 aliphatic rings. The fraction of sp³-hybridized carbons (Fsp3) is 0.278. The van der Waals surface area contributed by atoms with Crippen LogP contribution in [-0.4, -0.2) is 16.1 Å². The number of nitrogens with zero attached hydrogens (tertiary/aromatic N) is 2. The van der Waals surface area contributed by atoms with Crippen molar-refractivity contribution in [3.05, 3.63) is 54.4 Å². The molecule has 0 saturated carbocycles. The Balaban J connectivity index is 1.83. The van der Waals surface area contributed by atoms with E-state index in [9.17, 15) is 0 Å². The number of aromatic nitrogens is 2. The third-order valence-corrected chi connectivity index (χ3v) is 4.43. The van der Waals surface area contributed by atoms with Crippen LogP contribution in [0.4, 0.5) is 0 Å². The van der Waals surface area contributed by atoms with Gasteiger partial charge in [-0.1, -0.05) is 18.2 Å². The van der Waals surface area contributed by atoms with Gasteiger partial charge in [0.1, 0.15) is 5.65 Å². The summed E-state index contributed by atoms with van der Waals surface area (Å²) in [5.41, 5.74) is 4.98. The zero-order valence-corrected chi connectivity index (χ0v) is 12.2. The number of aryl methyl sites for hydroxylation is 1. The topological polar surface area (TPSA) is 29.9 Å². The molecule has 1 atom stereocenters. The van der Waals surface area contributed by atoms with Crippen molar-refractivity contribution in [1.82, 2.24) is 14.9 Å². The minimum absolute atomic E-state index is 0.512. The van der Waals surface area contributed by atoms with Gasteiger partial charge in [-0.25, -0.2) is 4.98 Å². The van der Waals surface area contributed by atoms with Gasteiger partial charge >= 0.3 is 0 Å². The number of benzene rings is 1. The summed E-state index contributed by atoms with van der Waals surface area (Å²) in [7, 11) is 2.04. The molecule has 106 valence electrons. The van der Waals surface area contributed by atoms with Gasteiger partial charge in [0.25, 0.3) is 0 Å². The number of nitrogens with one attached hydrogen (secondary N) is 1. The lowest BCUT2D eigenvalue weighted by Gasteiger charge is -2.12. The summed E-state index contributed by atoms with van der Waals surface area (Å²) in [6.45, 7) is 1.13. The number of pyridine rings is 1. The van der Waals surface area contributed by atoms with Crippen molar-refractivity contribution in [1.29, 1.82) is 0 Å². The van der Waals surface area contributed by atoms with Crippen molar-refractivity contribution < 1.29 is 0 Å². The summed E-state index contributed by atoms with van der Waals surface area (Å²) in [6.07, 6.45) is 6.48. The molecule has 3 heterocycles. The molecule has 0 radical (unpaired) electrons. The maximum absolute atomic E-state index is 4.48. The Bertz CT molecular complexity index is 782. The van der Waals surface area contributed by atoms with Crippen molar-refractivity contribution in [2.24, 2.45) is 7.05 Å². The predicted molar refractivity (Wildman–Crippen MR) is 86.1 cm³/mol. The molecule has 3 heteroatoms. The van der Waals surface area contributed by atoms with Crippen molar-refractivity contribution in [2.75, 3.05) is 6.54 Å². The lowest BCUT2D eigenvalue weighted by atomic mass is 9.98. The average Bonchev–Trinajstić information content (AvgIpc) is 3.18. The van der Waals surface area contributed by atoms with Gasteiger partial charge in [0.15, 0.2) is 0 Å². The molecule has 0 bridgehead atoms. The summed E-state index contributed by atoms with van der Waals surface area (Å²) >= 11 is 0. The third-order valence-electron chi connectivity index (χ3n) is 4.43. The zero-order valence-electron chi connectivity index (χ0n) is 12.2. The van der Waals surface area contributed by atoms with Gasteiger partial charge in [0.05, 0.1) is 0 Å². The summed E-state index contributed by atoms with van der Waals surface area (Å²) in [4.78, 5) is 4.48. The molecule has 1 saturated heterocycles. The van der Waals surface area contributed by atoms with E-state index in [1.54, 1.807) is 0 Å². The van der Waals surface area contributed by atoms with Gasteiger partial charge in [-0.2, -0.15) is 0 Å². The Hall–Kier alpha value is -2.13. The van der Waals surface area contributed by atoms with E-state index in [2.05, 4.69) is 57.5 Å². The number of rotatable bonds is 2. The SMILES string of the molecule is Cn1ccc2c(-c3cccc(C4CCCN4)c3)ccnc21.